The van der Waals surface area contributed by atoms with Crippen molar-refractivity contribution in [1.29, 1.82) is 0 Å². The fourth-order valence-electron chi connectivity index (χ4n) is 4.19. The summed E-state index contributed by atoms with van der Waals surface area (Å²) in [7, 11) is 4.79. The highest BCUT2D eigenvalue weighted by atomic mass is 16.5. The van der Waals surface area contributed by atoms with Crippen LogP contribution in [-0.4, -0.2) is 68.7 Å². The SMILES string of the molecule is COc1cc(OC)c(OC)cc1C=NNc1nc(N2CCCCC2)nc(N2CCCCC2)n1. The Morgan fingerprint density at radius 3 is 1.76 bits per heavy atom. The lowest BCUT2D eigenvalue weighted by molar-refractivity contribution is 0.349. The maximum atomic E-state index is 5.48. The molecule has 0 unspecified atom stereocenters. The van der Waals surface area contributed by atoms with Crippen LogP contribution < -0.4 is 29.4 Å². The van der Waals surface area contributed by atoms with Crippen molar-refractivity contribution in [2.45, 2.75) is 38.5 Å². The molecule has 1 aromatic heterocycles. The quantitative estimate of drug-likeness (QED) is 0.475. The second-order valence-electron chi connectivity index (χ2n) is 8.17. The van der Waals surface area contributed by atoms with Gasteiger partial charge in [-0.05, 0) is 44.6 Å². The number of rotatable bonds is 8. The highest BCUT2D eigenvalue weighted by molar-refractivity contribution is 5.85. The minimum atomic E-state index is 0.432. The average molecular weight is 456 g/mol. The first-order valence-electron chi connectivity index (χ1n) is 11.6. The summed E-state index contributed by atoms with van der Waals surface area (Å²) in [6.07, 6.45) is 8.79. The van der Waals surface area contributed by atoms with Crippen LogP contribution in [0.15, 0.2) is 17.2 Å². The van der Waals surface area contributed by atoms with E-state index in [9.17, 15) is 0 Å². The van der Waals surface area contributed by atoms with Gasteiger partial charge in [0.1, 0.15) is 5.75 Å². The van der Waals surface area contributed by atoms with E-state index in [0.29, 0.717) is 35.1 Å². The van der Waals surface area contributed by atoms with E-state index in [4.69, 9.17) is 19.2 Å². The topological polar surface area (TPSA) is 97.2 Å². The van der Waals surface area contributed by atoms with Gasteiger partial charge in [0.2, 0.25) is 17.8 Å². The Hall–Kier alpha value is -3.30. The van der Waals surface area contributed by atoms with Crippen molar-refractivity contribution in [3.63, 3.8) is 0 Å². The second kappa shape index (κ2) is 11.0. The van der Waals surface area contributed by atoms with Gasteiger partial charge < -0.3 is 24.0 Å². The summed E-state index contributed by atoms with van der Waals surface area (Å²) in [5.74, 6) is 3.67. The second-order valence-corrected chi connectivity index (χ2v) is 8.17. The Morgan fingerprint density at radius 2 is 1.24 bits per heavy atom. The van der Waals surface area contributed by atoms with Crippen LogP contribution >= 0.6 is 0 Å². The molecular weight excluding hydrogens is 422 g/mol. The summed E-state index contributed by atoms with van der Waals surface area (Å²) in [6, 6.07) is 3.58. The molecule has 10 heteroatoms. The largest absolute Gasteiger partial charge is 0.496 e. The average Bonchev–Trinajstić information content (AvgIpc) is 2.89. The molecule has 2 aromatic rings. The number of piperidine rings is 2. The van der Waals surface area contributed by atoms with E-state index in [1.165, 1.54) is 12.8 Å². The molecule has 178 valence electrons. The monoisotopic (exact) mass is 455 g/mol. The van der Waals surface area contributed by atoms with Crippen molar-refractivity contribution in [2.75, 3.05) is 62.7 Å². The number of ether oxygens (including phenoxy) is 3. The van der Waals surface area contributed by atoms with Gasteiger partial charge in [-0.2, -0.15) is 20.1 Å². The normalized spacial score (nSPS) is 16.7. The van der Waals surface area contributed by atoms with E-state index in [2.05, 4.69) is 30.3 Å². The number of hydrogen-bond acceptors (Lipinski definition) is 10. The van der Waals surface area contributed by atoms with E-state index < -0.39 is 0 Å². The van der Waals surface area contributed by atoms with Crippen LogP contribution in [0.3, 0.4) is 0 Å². The Labute approximate surface area is 195 Å². The number of nitrogens with one attached hydrogen (secondary N) is 1. The van der Waals surface area contributed by atoms with Crippen molar-refractivity contribution in [3.8, 4) is 17.2 Å². The summed E-state index contributed by atoms with van der Waals surface area (Å²) < 4.78 is 16.2. The molecule has 4 rings (SSSR count). The maximum Gasteiger partial charge on any atom is 0.250 e. The van der Waals surface area contributed by atoms with Crippen LogP contribution in [-0.2, 0) is 0 Å². The third-order valence-electron chi connectivity index (χ3n) is 5.99. The van der Waals surface area contributed by atoms with Crippen molar-refractivity contribution in [3.05, 3.63) is 17.7 Å². The molecule has 1 N–H and O–H groups in total. The zero-order chi connectivity index (χ0) is 23.0. The number of methoxy groups -OCH3 is 3. The Kier molecular flexibility index (Phi) is 7.64. The molecule has 0 saturated carbocycles. The first-order chi connectivity index (χ1) is 16.2. The minimum absolute atomic E-state index is 0.432. The van der Waals surface area contributed by atoms with Crippen molar-refractivity contribution < 1.29 is 14.2 Å². The molecule has 0 radical (unpaired) electrons. The van der Waals surface area contributed by atoms with Crippen molar-refractivity contribution >= 4 is 24.1 Å². The lowest BCUT2D eigenvalue weighted by Gasteiger charge is -2.30. The maximum absolute atomic E-state index is 5.48. The summed E-state index contributed by atoms with van der Waals surface area (Å²) in [4.78, 5) is 18.6. The highest BCUT2D eigenvalue weighted by Gasteiger charge is 2.20. The first-order valence-corrected chi connectivity index (χ1v) is 11.6. The zero-order valence-corrected chi connectivity index (χ0v) is 19.7. The summed E-state index contributed by atoms with van der Waals surface area (Å²) in [6.45, 7) is 3.87. The molecule has 33 heavy (non-hydrogen) atoms. The van der Waals surface area contributed by atoms with Gasteiger partial charge >= 0.3 is 0 Å². The van der Waals surface area contributed by atoms with E-state index in [-0.39, 0.29) is 0 Å². The molecule has 2 saturated heterocycles. The fraction of sp³-hybridized carbons (Fsp3) is 0.565. The van der Waals surface area contributed by atoms with Gasteiger partial charge in [-0.15, -0.1) is 0 Å². The van der Waals surface area contributed by atoms with E-state index in [1.807, 2.05) is 6.07 Å². The van der Waals surface area contributed by atoms with Crippen molar-refractivity contribution in [2.24, 2.45) is 5.10 Å². The molecule has 0 amide bonds. The molecular formula is C23H33N7O3. The van der Waals surface area contributed by atoms with Gasteiger partial charge in [0.25, 0.3) is 0 Å². The molecule has 0 atom stereocenters. The third kappa shape index (κ3) is 5.55. The summed E-state index contributed by atoms with van der Waals surface area (Å²) >= 11 is 0. The molecule has 2 aliphatic heterocycles. The molecule has 2 aliphatic rings. The lowest BCUT2D eigenvalue weighted by Crippen LogP contribution is -2.34. The molecule has 10 nitrogen and oxygen atoms in total. The number of hydrazone groups is 1. The Morgan fingerprint density at radius 1 is 0.727 bits per heavy atom. The smallest absolute Gasteiger partial charge is 0.250 e. The number of nitrogens with zero attached hydrogens (tertiary/aromatic N) is 6. The van der Waals surface area contributed by atoms with Crippen LogP contribution in [0, 0.1) is 0 Å². The first kappa shape index (κ1) is 22.9. The van der Waals surface area contributed by atoms with Gasteiger partial charge in [-0.25, -0.2) is 5.43 Å². The Balaban J connectivity index is 1.58. The zero-order valence-electron chi connectivity index (χ0n) is 19.7. The number of hydrogen-bond donors (Lipinski definition) is 1. The molecule has 0 spiro atoms. The predicted molar refractivity (Wildman–Crippen MR) is 129 cm³/mol. The van der Waals surface area contributed by atoms with Gasteiger partial charge in [0.05, 0.1) is 27.5 Å². The molecule has 2 fully saturated rings. The van der Waals surface area contributed by atoms with Gasteiger partial charge in [0, 0.05) is 37.8 Å². The van der Waals surface area contributed by atoms with E-state index >= 15 is 0 Å². The van der Waals surface area contributed by atoms with Crippen molar-refractivity contribution in [1.82, 2.24) is 15.0 Å². The van der Waals surface area contributed by atoms with Crippen LogP contribution in [0.5, 0.6) is 17.2 Å². The molecule has 0 aliphatic carbocycles. The Bertz CT molecular complexity index is 921. The minimum Gasteiger partial charge on any atom is -0.496 e. The number of benzene rings is 1. The third-order valence-corrected chi connectivity index (χ3v) is 5.99. The summed E-state index contributed by atoms with van der Waals surface area (Å²) in [5, 5.41) is 4.38. The van der Waals surface area contributed by atoms with Gasteiger partial charge in [-0.1, -0.05) is 0 Å². The lowest BCUT2D eigenvalue weighted by atomic mass is 10.1. The number of aromatic nitrogens is 3. The van der Waals surface area contributed by atoms with Crippen LogP contribution in [0.25, 0.3) is 0 Å². The predicted octanol–water partition coefficient (Wildman–Crippen LogP) is 3.32. The fourth-order valence-corrected chi connectivity index (χ4v) is 4.19. The van der Waals surface area contributed by atoms with Gasteiger partial charge in [0.15, 0.2) is 11.5 Å². The van der Waals surface area contributed by atoms with Gasteiger partial charge in [-0.3, -0.25) is 0 Å². The standard InChI is InChI=1S/C23H33N7O3/c1-31-18-15-20(33-3)19(32-2)14-17(18)16-24-28-21-25-22(29-10-6-4-7-11-29)27-23(26-21)30-12-8-5-9-13-30/h14-16H,4-13H2,1-3H3,(H,25,26,27,28). The molecule has 3 heterocycles. The van der Waals surface area contributed by atoms with E-state index in [1.54, 1.807) is 33.6 Å². The van der Waals surface area contributed by atoms with Crippen LogP contribution in [0.2, 0.25) is 0 Å². The molecule has 0 bridgehead atoms. The number of anilines is 3. The summed E-state index contributed by atoms with van der Waals surface area (Å²) in [5.41, 5.74) is 3.74. The van der Waals surface area contributed by atoms with Crippen LogP contribution in [0.1, 0.15) is 44.1 Å². The highest BCUT2D eigenvalue weighted by Crippen LogP contribution is 2.33. The van der Waals surface area contributed by atoms with Crippen LogP contribution in [0.4, 0.5) is 17.8 Å². The molecule has 1 aromatic carbocycles. The van der Waals surface area contributed by atoms with E-state index in [0.717, 1.165) is 57.4 Å².